The van der Waals surface area contributed by atoms with E-state index in [9.17, 15) is 14.9 Å². The maximum Gasteiger partial charge on any atom is 0.354 e. The van der Waals surface area contributed by atoms with Gasteiger partial charge in [-0.1, -0.05) is 18.2 Å². The highest BCUT2D eigenvalue weighted by molar-refractivity contribution is 5.99. The van der Waals surface area contributed by atoms with Gasteiger partial charge in [-0.05, 0) is 47.5 Å². The summed E-state index contributed by atoms with van der Waals surface area (Å²) < 4.78 is 20.1. The van der Waals surface area contributed by atoms with Crippen LogP contribution in [0.3, 0.4) is 0 Å². The van der Waals surface area contributed by atoms with Crippen molar-refractivity contribution in [2.45, 2.75) is 0 Å². The van der Waals surface area contributed by atoms with E-state index in [4.69, 9.17) is 19.5 Å². The van der Waals surface area contributed by atoms with Gasteiger partial charge in [0.2, 0.25) is 0 Å². The molecule has 0 N–H and O–H groups in total. The Bertz CT molecular complexity index is 1120. The van der Waals surface area contributed by atoms with Crippen molar-refractivity contribution in [1.29, 1.82) is 10.5 Å². The molecule has 0 aliphatic rings. The molecular weight excluding hydrogens is 400 g/mol. The Kier molecular flexibility index (Phi) is 7.95. The number of carbonyl (C=O) groups excluding carboxylic acids is 2. The number of esters is 2. The summed E-state index contributed by atoms with van der Waals surface area (Å²) in [5.74, 6) is -0.765. The predicted molar refractivity (Wildman–Crippen MR) is 111 cm³/mol. The van der Waals surface area contributed by atoms with E-state index in [2.05, 4.69) is 4.74 Å². The van der Waals surface area contributed by atoms with Crippen molar-refractivity contribution >= 4 is 24.1 Å². The lowest BCUT2D eigenvalue weighted by Crippen LogP contribution is -2.11. The first-order valence-corrected chi connectivity index (χ1v) is 8.81. The van der Waals surface area contributed by atoms with Crippen LogP contribution in [-0.2, 0) is 14.3 Å². The number of nitriles is 2. The lowest BCUT2D eigenvalue weighted by molar-refractivity contribution is -0.135. The van der Waals surface area contributed by atoms with E-state index >= 15 is 0 Å². The van der Waals surface area contributed by atoms with E-state index < -0.39 is 11.9 Å². The molecule has 0 atom stereocenters. The molecule has 0 bridgehead atoms. The zero-order valence-corrected chi connectivity index (χ0v) is 17.0. The summed E-state index contributed by atoms with van der Waals surface area (Å²) in [5, 5.41) is 18.4. The van der Waals surface area contributed by atoms with Crippen LogP contribution in [0.1, 0.15) is 11.1 Å². The fourth-order valence-corrected chi connectivity index (χ4v) is 2.43. The smallest absolute Gasteiger partial charge is 0.354 e. The highest BCUT2D eigenvalue weighted by atomic mass is 16.6. The standard InChI is InChI=1S/C23H18N2O6/c1-28-19-7-4-15(5-8-19)10-18(14-25)23(27)31-20-9-6-16(12-21(20)29-2)11-17(13-24)22(26)30-3/h4-12H,1-3H3/b17-11+,18-10-. The van der Waals surface area contributed by atoms with Crippen LogP contribution in [0.15, 0.2) is 53.6 Å². The van der Waals surface area contributed by atoms with Crippen LogP contribution in [0.2, 0.25) is 0 Å². The van der Waals surface area contributed by atoms with Crippen LogP contribution < -0.4 is 14.2 Å². The number of hydrogen-bond acceptors (Lipinski definition) is 8. The molecule has 156 valence electrons. The molecule has 0 spiro atoms. The number of rotatable bonds is 7. The van der Waals surface area contributed by atoms with Crippen molar-refractivity contribution in [1.82, 2.24) is 0 Å². The van der Waals surface area contributed by atoms with Crippen molar-refractivity contribution in [3.8, 4) is 29.4 Å². The second-order valence-electron chi connectivity index (χ2n) is 5.90. The van der Waals surface area contributed by atoms with Crippen molar-refractivity contribution < 1.29 is 28.5 Å². The van der Waals surface area contributed by atoms with Crippen LogP contribution in [0, 0.1) is 22.7 Å². The monoisotopic (exact) mass is 418 g/mol. The van der Waals surface area contributed by atoms with Crippen LogP contribution in [-0.4, -0.2) is 33.3 Å². The normalized spacial score (nSPS) is 11.0. The topological polar surface area (TPSA) is 119 Å². The summed E-state index contributed by atoms with van der Waals surface area (Å²) in [7, 11) is 4.07. The molecule has 0 heterocycles. The van der Waals surface area contributed by atoms with E-state index in [0.717, 1.165) is 0 Å². The van der Waals surface area contributed by atoms with Gasteiger partial charge in [-0.3, -0.25) is 0 Å². The molecular formula is C23H18N2O6. The summed E-state index contributed by atoms with van der Waals surface area (Å²) in [6.07, 6.45) is 2.70. The van der Waals surface area contributed by atoms with Crippen molar-refractivity contribution in [2.24, 2.45) is 0 Å². The van der Waals surface area contributed by atoms with Crippen LogP contribution in [0.4, 0.5) is 0 Å². The van der Waals surface area contributed by atoms with Gasteiger partial charge in [-0.15, -0.1) is 0 Å². The summed E-state index contributed by atoms with van der Waals surface area (Å²) >= 11 is 0. The third kappa shape index (κ3) is 5.96. The highest BCUT2D eigenvalue weighted by Gasteiger charge is 2.16. The Morgan fingerprint density at radius 1 is 0.774 bits per heavy atom. The number of hydrogen-bond donors (Lipinski definition) is 0. The lowest BCUT2D eigenvalue weighted by Gasteiger charge is -2.10. The second-order valence-corrected chi connectivity index (χ2v) is 5.90. The van der Waals surface area contributed by atoms with Gasteiger partial charge in [0.1, 0.15) is 29.0 Å². The molecule has 0 fully saturated rings. The van der Waals surface area contributed by atoms with Gasteiger partial charge in [0, 0.05) is 0 Å². The van der Waals surface area contributed by atoms with Gasteiger partial charge in [0.15, 0.2) is 11.5 Å². The molecule has 8 heteroatoms. The van der Waals surface area contributed by atoms with Crippen molar-refractivity contribution in [3.63, 3.8) is 0 Å². The Morgan fingerprint density at radius 3 is 1.90 bits per heavy atom. The lowest BCUT2D eigenvalue weighted by atomic mass is 10.1. The second kappa shape index (κ2) is 10.8. The highest BCUT2D eigenvalue weighted by Crippen LogP contribution is 2.30. The molecule has 0 aromatic heterocycles. The third-order valence-electron chi connectivity index (χ3n) is 3.99. The summed E-state index contributed by atoms with van der Waals surface area (Å²) in [5.41, 5.74) is 0.651. The Labute approximate surface area is 179 Å². The average molecular weight is 418 g/mol. The van der Waals surface area contributed by atoms with Gasteiger partial charge < -0.3 is 18.9 Å². The van der Waals surface area contributed by atoms with E-state index in [1.54, 1.807) is 30.3 Å². The molecule has 0 radical (unpaired) electrons. The van der Waals surface area contributed by atoms with Gasteiger partial charge >= 0.3 is 11.9 Å². The maximum atomic E-state index is 12.5. The Balaban J connectivity index is 2.28. The van der Waals surface area contributed by atoms with Gasteiger partial charge in [0.25, 0.3) is 0 Å². The molecule has 8 nitrogen and oxygen atoms in total. The number of carbonyl (C=O) groups is 2. The first-order chi connectivity index (χ1) is 14.9. The quantitative estimate of drug-likeness (QED) is 0.291. The number of methoxy groups -OCH3 is 3. The molecule has 0 aliphatic carbocycles. The average Bonchev–Trinajstić information content (AvgIpc) is 2.81. The molecule has 2 aromatic rings. The van der Waals surface area contributed by atoms with Gasteiger partial charge in [-0.25, -0.2) is 9.59 Å². The first kappa shape index (κ1) is 22.7. The van der Waals surface area contributed by atoms with E-state index in [-0.39, 0.29) is 22.6 Å². The number of benzene rings is 2. The minimum absolute atomic E-state index is 0.0668. The minimum atomic E-state index is -0.868. The van der Waals surface area contributed by atoms with E-state index in [0.29, 0.717) is 16.9 Å². The van der Waals surface area contributed by atoms with E-state index in [1.807, 2.05) is 6.07 Å². The predicted octanol–water partition coefficient (Wildman–Crippen LogP) is 3.30. The fourth-order valence-electron chi connectivity index (χ4n) is 2.43. The summed E-state index contributed by atoms with van der Waals surface area (Å²) in [4.78, 5) is 24.0. The molecule has 0 saturated carbocycles. The number of ether oxygens (including phenoxy) is 4. The van der Waals surface area contributed by atoms with Crippen molar-refractivity contribution in [2.75, 3.05) is 21.3 Å². The molecule has 0 saturated heterocycles. The summed E-state index contributed by atoms with van der Waals surface area (Å²) in [6.45, 7) is 0. The molecule has 0 amide bonds. The maximum absolute atomic E-state index is 12.5. The molecule has 2 rings (SSSR count). The fraction of sp³-hybridized carbons (Fsp3) is 0.130. The van der Waals surface area contributed by atoms with Gasteiger partial charge in [-0.2, -0.15) is 10.5 Å². The van der Waals surface area contributed by atoms with Crippen molar-refractivity contribution in [3.05, 3.63) is 64.7 Å². The van der Waals surface area contributed by atoms with Crippen LogP contribution >= 0.6 is 0 Å². The first-order valence-electron chi connectivity index (χ1n) is 8.81. The third-order valence-corrected chi connectivity index (χ3v) is 3.99. The zero-order chi connectivity index (χ0) is 22.8. The largest absolute Gasteiger partial charge is 0.497 e. The van der Waals surface area contributed by atoms with Gasteiger partial charge in [0.05, 0.1) is 21.3 Å². The Morgan fingerprint density at radius 2 is 1.35 bits per heavy atom. The van der Waals surface area contributed by atoms with E-state index in [1.165, 1.54) is 51.7 Å². The molecule has 0 unspecified atom stereocenters. The zero-order valence-electron chi connectivity index (χ0n) is 17.0. The van der Waals surface area contributed by atoms with Crippen LogP contribution in [0.5, 0.6) is 17.2 Å². The summed E-state index contributed by atoms with van der Waals surface area (Å²) in [6, 6.07) is 14.8. The minimum Gasteiger partial charge on any atom is -0.497 e. The van der Waals surface area contributed by atoms with Crippen LogP contribution in [0.25, 0.3) is 12.2 Å². The molecule has 2 aromatic carbocycles. The number of nitrogens with zero attached hydrogens (tertiary/aromatic N) is 2. The molecule has 0 aliphatic heterocycles. The molecule has 31 heavy (non-hydrogen) atoms. The SMILES string of the molecule is COC(=O)/C(C#N)=C/c1ccc(OC(=O)/C(C#N)=C\c2ccc(OC)cc2)c(OC)c1. The Hall–Kier alpha value is -4.56.